The standard InChI is InChI=1S/C12H19NO3/c14-11-7-10(9-1-4-16-8-9)12(13-11)2-5-15-6-3-12/h9-10H,1-8H2,(H,13,14). The van der Waals surface area contributed by atoms with Crippen LogP contribution in [0, 0.1) is 11.8 Å². The van der Waals surface area contributed by atoms with Gasteiger partial charge in [-0.05, 0) is 31.1 Å². The van der Waals surface area contributed by atoms with Crippen LogP contribution in [0.1, 0.15) is 25.7 Å². The number of hydrogen-bond acceptors (Lipinski definition) is 3. The van der Waals surface area contributed by atoms with Gasteiger partial charge in [0.1, 0.15) is 0 Å². The molecular formula is C12H19NO3. The minimum absolute atomic E-state index is 0.0215. The van der Waals surface area contributed by atoms with Gasteiger partial charge in [0, 0.05) is 38.4 Å². The molecule has 3 aliphatic heterocycles. The topological polar surface area (TPSA) is 47.6 Å². The van der Waals surface area contributed by atoms with Gasteiger partial charge in [0.05, 0.1) is 0 Å². The van der Waals surface area contributed by atoms with E-state index < -0.39 is 0 Å². The van der Waals surface area contributed by atoms with Gasteiger partial charge in [-0.25, -0.2) is 0 Å². The number of hydrogen-bond donors (Lipinski definition) is 1. The van der Waals surface area contributed by atoms with Gasteiger partial charge in [0.15, 0.2) is 0 Å². The average Bonchev–Trinajstić information content (AvgIpc) is 2.88. The summed E-state index contributed by atoms with van der Waals surface area (Å²) in [7, 11) is 0. The van der Waals surface area contributed by atoms with Crippen molar-refractivity contribution in [3.8, 4) is 0 Å². The first-order valence-corrected chi connectivity index (χ1v) is 6.27. The number of carbonyl (C=O) groups excluding carboxylic acids is 1. The van der Waals surface area contributed by atoms with E-state index >= 15 is 0 Å². The van der Waals surface area contributed by atoms with Crippen LogP contribution < -0.4 is 5.32 Å². The van der Waals surface area contributed by atoms with Crippen LogP contribution in [-0.4, -0.2) is 37.9 Å². The van der Waals surface area contributed by atoms with Gasteiger partial charge in [0.2, 0.25) is 5.91 Å². The molecule has 0 radical (unpaired) electrons. The van der Waals surface area contributed by atoms with Gasteiger partial charge < -0.3 is 14.8 Å². The Labute approximate surface area is 95.7 Å². The fourth-order valence-electron chi connectivity index (χ4n) is 3.54. The minimum Gasteiger partial charge on any atom is -0.381 e. The smallest absolute Gasteiger partial charge is 0.220 e. The molecule has 4 nitrogen and oxygen atoms in total. The van der Waals surface area contributed by atoms with E-state index in [9.17, 15) is 4.79 Å². The Kier molecular flexibility index (Phi) is 2.64. The third-order valence-electron chi connectivity index (χ3n) is 4.42. The molecule has 4 heteroatoms. The normalized spacial score (nSPS) is 37.9. The molecular weight excluding hydrogens is 206 g/mol. The molecule has 2 atom stereocenters. The quantitative estimate of drug-likeness (QED) is 0.715. The van der Waals surface area contributed by atoms with E-state index in [1.165, 1.54) is 0 Å². The van der Waals surface area contributed by atoms with E-state index in [4.69, 9.17) is 9.47 Å². The van der Waals surface area contributed by atoms with Crippen LogP contribution in [0.2, 0.25) is 0 Å². The summed E-state index contributed by atoms with van der Waals surface area (Å²) in [6.07, 6.45) is 3.75. The first-order valence-electron chi connectivity index (χ1n) is 6.27. The van der Waals surface area contributed by atoms with Crippen molar-refractivity contribution in [3.63, 3.8) is 0 Å². The van der Waals surface area contributed by atoms with Gasteiger partial charge in [-0.3, -0.25) is 4.79 Å². The van der Waals surface area contributed by atoms with Crippen molar-refractivity contribution in [3.05, 3.63) is 0 Å². The van der Waals surface area contributed by atoms with E-state index in [-0.39, 0.29) is 11.4 Å². The van der Waals surface area contributed by atoms with Crippen molar-refractivity contribution in [1.82, 2.24) is 5.32 Å². The first-order chi connectivity index (χ1) is 7.80. The zero-order valence-corrected chi connectivity index (χ0v) is 9.54. The monoisotopic (exact) mass is 225 g/mol. The molecule has 1 spiro atoms. The molecule has 1 amide bonds. The Morgan fingerprint density at radius 2 is 2.00 bits per heavy atom. The highest BCUT2D eigenvalue weighted by molar-refractivity contribution is 5.80. The summed E-state index contributed by atoms with van der Waals surface area (Å²) in [6.45, 7) is 3.26. The highest BCUT2D eigenvalue weighted by Gasteiger charge is 2.50. The second kappa shape index (κ2) is 4.00. The molecule has 0 bridgehead atoms. The fourth-order valence-corrected chi connectivity index (χ4v) is 3.54. The van der Waals surface area contributed by atoms with Crippen LogP contribution in [0.15, 0.2) is 0 Å². The van der Waals surface area contributed by atoms with Crippen LogP contribution >= 0.6 is 0 Å². The molecule has 3 rings (SSSR count). The molecule has 0 aromatic heterocycles. The summed E-state index contributed by atoms with van der Waals surface area (Å²) in [5.41, 5.74) is 0.0215. The summed E-state index contributed by atoms with van der Waals surface area (Å²) < 4.78 is 10.9. The van der Waals surface area contributed by atoms with Gasteiger partial charge in [-0.15, -0.1) is 0 Å². The van der Waals surface area contributed by atoms with Crippen LogP contribution in [0.3, 0.4) is 0 Å². The van der Waals surface area contributed by atoms with E-state index in [0.717, 1.165) is 45.7 Å². The van der Waals surface area contributed by atoms with Gasteiger partial charge in [-0.1, -0.05) is 0 Å². The molecule has 0 aliphatic carbocycles. The van der Waals surface area contributed by atoms with E-state index in [2.05, 4.69) is 5.32 Å². The molecule has 0 aromatic rings. The summed E-state index contributed by atoms with van der Waals surface area (Å²) >= 11 is 0. The van der Waals surface area contributed by atoms with E-state index in [1.807, 2.05) is 0 Å². The maximum Gasteiger partial charge on any atom is 0.220 e. The Hall–Kier alpha value is -0.610. The average molecular weight is 225 g/mol. The largest absolute Gasteiger partial charge is 0.381 e. The third-order valence-corrected chi connectivity index (χ3v) is 4.42. The Bertz CT molecular complexity index is 280. The van der Waals surface area contributed by atoms with E-state index in [0.29, 0.717) is 18.3 Å². The lowest BCUT2D eigenvalue weighted by molar-refractivity contribution is -0.120. The lowest BCUT2D eigenvalue weighted by atomic mass is 9.72. The van der Waals surface area contributed by atoms with Gasteiger partial charge in [-0.2, -0.15) is 0 Å². The van der Waals surface area contributed by atoms with Crippen molar-refractivity contribution in [2.24, 2.45) is 11.8 Å². The first kappa shape index (κ1) is 10.5. The molecule has 1 N–H and O–H groups in total. The van der Waals surface area contributed by atoms with Crippen LogP contribution in [0.5, 0.6) is 0 Å². The highest BCUT2D eigenvalue weighted by atomic mass is 16.5. The summed E-state index contributed by atoms with van der Waals surface area (Å²) in [6, 6.07) is 0. The number of rotatable bonds is 1. The third kappa shape index (κ3) is 1.64. The van der Waals surface area contributed by atoms with Crippen molar-refractivity contribution < 1.29 is 14.3 Å². The van der Waals surface area contributed by atoms with Crippen molar-refractivity contribution in [2.75, 3.05) is 26.4 Å². The molecule has 0 saturated carbocycles. The molecule has 3 saturated heterocycles. The van der Waals surface area contributed by atoms with Crippen LogP contribution in [-0.2, 0) is 14.3 Å². The van der Waals surface area contributed by atoms with Crippen LogP contribution in [0.4, 0.5) is 0 Å². The Morgan fingerprint density at radius 1 is 1.19 bits per heavy atom. The lowest BCUT2D eigenvalue weighted by Gasteiger charge is -2.40. The summed E-state index contributed by atoms with van der Waals surface area (Å²) in [5.74, 6) is 1.25. The summed E-state index contributed by atoms with van der Waals surface area (Å²) in [5, 5.41) is 3.22. The second-order valence-corrected chi connectivity index (χ2v) is 5.25. The SMILES string of the molecule is O=C1CC(C2CCOC2)C2(CCOCC2)N1. The Morgan fingerprint density at radius 3 is 2.69 bits per heavy atom. The van der Waals surface area contributed by atoms with E-state index in [1.54, 1.807) is 0 Å². The highest BCUT2D eigenvalue weighted by Crippen LogP contribution is 2.42. The number of carbonyl (C=O) groups is 1. The van der Waals surface area contributed by atoms with Gasteiger partial charge in [0.25, 0.3) is 0 Å². The number of nitrogens with one attached hydrogen (secondary N) is 1. The molecule has 3 aliphatic rings. The van der Waals surface area contributed by atoms with Gasteiger partial charge >= 0.3 is 0 Å². The number of ether oxygens (including phenoxy) is 2. The molecule has 3 heterocycles. The fraction of sp³-hybridized carbons (Fsp3) is 0.917. The zero-order valence-electron chi connectivity index (χ0n) is 9.54. The zero-order chi connectivity index (χ0) is 11.0. The van der Waals surface area contributed by atoms with Crippen molar-refractivity contribution in [1.29, 1.82) is 0 Å². The maximum absolute atomic E-state index is 11.7. The Balaban J connectivity index is 1.80. The molecule has 0 aromatic carbocycles. The number of amides is 1. The predicted molar refractivity (Wildman–Crippen MR) is 58.0 cm³/mol. The second-order valence-electron chi connectivity index (χ2n) is 5.25. The van der Waals surface area contributed by atoms with Crippen LogP contribution in [0.25, 0.3) is 0 Å². The minimum atomic E-state index is 0.0215. The molecule has 16 heavy (non-hydrogen) atoms. The predicted octanol–water partition coefficient (Wildman–Crippen LogP) is 0.708. The molecule has 2 unspecified atom stereocenters. The summed E-state index contributed by atoms with van der Waals surface area (Å²) in [4.78, 5) is 11.7. The van der Waals surface area contributed by atoms with Crippen molar-refractivity contribution in [2.45, 2.75) is 31.2 Å². The molecule has 3 fully saturated rings. The van der Waals surface area contributed by atoms with Crippen molar-refractivity contribution >= 4 is 5.91 Å². The lowest BCUT2D eigenvalue weighted by Crippen LogP contribution is -2.51. The maximum atomic E-state index is 11.7. The molecule has 90 valence electrons.